The Morgan fingerprint density at radius 3 is 1.44 bits per heavy atom. The Balaban J connectivity index is 0.000000179. The lowest BCUT2D eigenvalue weighted by Gasteiger charge is -2.16. The van der Waals surface area contributed by atoms with Crippen LogP contribution in [0.15, 0.2) is 69.6 Å². The van der Waals surface area contributed by atoms with Crippen LogP contribution < -0.4 is 9.47 Å². The number of aromatic carboxylic acids is 1. The molecule has 2 aliphatic heterocycles. The Bertz CT molecular complexity index is 2630. The van der Waals surface area contributed by atoms with Crippen LogP contribution in [0.2, 0.25) is 0 Å². The minimum absolute atomic E-state index is 0.0150. The number of benzene rings is 4. The average Bonchev–Trinajstić information content (AvgIpc) is 3.64. The van der Waals surface area contributed by atoms with Gasteiger partial charge in [0.2, 0.25) is 0 Å². The highest BCUT2D eigenvalue weighted by atomic mass is 79.9. The second-order valence-corrected chi connectivity index (χ2v) is 14.6. The third-order valence-electron chi connectivity index (χ3n) is 9.19. The number of aliphatic hydroxyl groups is 2. The van der Waals surface area contributed by atoms with Crippen LogP contribution in [0.25, 0.3) is 22.8 Å². The third kappa shape index (κ3) is 8.04. The Morgan fingerprint density at radius 1 is 0.661 bits per heavy atom. The predicted molar refractivity (Wildman–Crippen MR) is 201 cm³/mol. The standard InChI is InChI=1S/C20H14BrF3N2O4.C19H12BrF3N2O4/c1-29-20(28)16-17(18(27)9-4-10(22)6-11(23)5-9)26-2-3-30-15-8-14(24)13(21)7-12(15)19(26)25-16;20-12-6-11-14(7-13(12)23)29-2-1-25-16(15(19(27)28)24-18(11)25)17(26)8-3-9(21)5-10(22)4-8/h4-8,18,27H,2-3H2,1H3;3-7,17,26H,1-2H2,(H,27,28). The number of aliphatic hydroxyl groups excluding tert-OH is 2. The highest BCUT2D eigenvalue weighted by Crippen LogP contribution is 2.41. The molecule has 2 aliphatic rings. The number of carboxylic acids is 1. The van der Waals surface area contributed by atoms with Crippen LogP contribution in [0.3, 0.4) is 0 Å². The molecule has 0 radical (unpaired) electrons. The number of carbonyl (C=O) groups is 2. The van der Waals surface area contributed by atoms with E-state index in [1.54, 1.807) is 0 Å². The van der Waals surface area contributed by atoms with E-state index in [1.807, 2.05) is 0 Å². The summed E-state index contributed by atoms with van der Waals surface area (Å²) in [6, 6.07) is 10.2. The fourth-order valence-corrected chi connectivity index (χ4v) is 7.36. The molecule has 4 aromatic carbocycles. The van der Waals surface area contributed by atoms with E-state index in [4.69, 9.17) is 14.2 Å². The van der Waals surface area contributed by atoms with Gasteiger partial charge in [0.25, 0.3) is 0 Å². The number of fused-ring (bicyclic) bond motifs is 6. The first kappa shape index (κ1) is 41.5. The predicted octanol–water partition coefficient (Wildman–Crippen LogP) is 7.89. The number of halogens is 8. The summed E-state index contributed by atoms with van der Waals surface area (Å²) in [6.45, 7) is 0.328. The lowest BCUT2D eigenvalue weighted by atomic mass is 10.0. The number of aromatic nitrogens is 4. The van der Waals surface area contributed by atoms with Gasteiger partial charge in [0.1, 0.15) is 83.5 Å². The number of methoxy groups -OCH3 is 1. The van der Waals surface area contributed by atoms with Gasteiger partial charge in [0, 0.05) is 24.3 Å². The summed E-state index contributed by atoms with van der Waals surface area (Å²) in [5.74, 6) is -6.28. The van der Waals surface area contributed by atoms with Gasteiger partial charge in [-0.2, -0.15) is 0 Å². The molecule has 3 N–H and O–H groups in total. The zero-order valence-electron chi connectivity index (χ0n) is 30.0. The maximum atomic E-state index is 14.0. The number of nitrogens with zero attached hydrogens (tertiary/aromatic N) is 4. The summed E-state index contributed by atoms with van der Waals surface area (Å²) < 4.78 is 102. The maximum Gasteiger partial charge on any atom is 0.358 e. The van der Waals surface area contributed by atoms with Gasteiger partial charge < -0.3 is 38.7 Å². The van der Waals surface area contributed by atoms with Gasteiger partial charge in [0.05, 0.1) is 51.7 Å². The first-order chi connectivity index (χ1) is 28.1. The fraction of sp³-hybridized carbons (Fsp3) is 0.179. The molecule has 0 spiro atoms. The number of ether oxygens (including phenoxy) is 3. The number of carboxylic acid groups (broad SMARTS) is 1. The molecule has 2 unspecified atom stereocenters. The lowest BCUT2D eigenvalue weighted by molar-refractivity contribution is 0.0587. The highest BCUT2D eigenvalue weighted by molar-refractivity contribution is 9.10. The average molecular weight is 952 g/mol. The molecule has 8 rings (SSSR count). The summed E-state index contributed by atoms with van der Waals surface area (Å²) in [5.41, 5.74) is -0.474. The van der Waals surface area contributed by atoms with E-state index < -0.39 is 64.7 Å². The van der Waals surface area contributed by atoms with Crippen molar-refractivity contribution in [2.24, 2.45) is 0 Å². The van der Waals surface area contributed by atoms with Crippen molar-refractivity contribution in [1.29, 1.82) is 0 Å². The van der Waals surface area contributed by atoms with Crippen LogP contribution in [-0.2, 0) is 17.8 Å². The molecule has 0 fully saturated rings. The molecule has 12 nitrogen and oxygen atoms in total. The van der Waals surface area contributed by atoms with Gasteiger partial charge in [-0.1, -0.05) is 0 Å². The van der Waals surface area contributed by atoms with Gasteiger partial charge in [-0.15, -0.1) is 0 Å². The summed E-state index contributed by atoms with van der Waals surface area (Å²) in [4.78, 5) is 32.6. The van der Waals surface area contributed by atoms with Crippen LogP contribution >= 0.6 is 31.9 Å². The molecule has 6 aromatic rings. The van der Waals surface area contributed by atoms with Gasteiger partial charge >= 0.3 is 11.9 Å². The topological polar surface area (TPSA) is 158 Å². The van der Waals surface area contributed by atoms with Crippen molar-refractivity contribution in [3.63, 3.8) is 0 Å². The van der Waals surface area contributed by atoms with Crippen LogP contribution in [-0.4, -0.2) is 66.7 Å². The quantitative estimate of drug-likeness (QED) is 0.111. The minimum Gasteiger partial charge on any atom is -0.491 e. The van der Waals surface area contributed by atoms with Crippen LogP contribution in [0.5, 0.6) is 11.5 Å². The van der Waals surface area contributed by atoms with Crippen molar-refractivity contribution in [1.82, 2.24) is 19.1 Å². The summed E-state index contributed by atoms with van der Waals surface area (Å²) in [5, 5.41) is 31.3. The van der Waals surface area contributed by atoms with E-state index in [1.165, 1.54) is 27.3 Å². The van der Waals surface area contributed by atoms with Gasteiger partial charge in [-0.3, -0.25) is 0 Å². The Morgan fingerprint density at radius 2 is 1.05 bits per heavy atom. The van der Waals surface area contributed by atoms with Crippen molar-refractivity contribution in [2.45, 2.75) is 25.3 Å². The maximum absolute atomic E-state index is 14.0. The molecule has 2 aromatic heterocycles. The van der Waals surface area contributed by atoms with Crippen molar-refractivity contribution in [3.05, 3.63) is 138 Å². The Kier molecular flexibility index (Phi) is 11.6. The first-order valence-electron chi connectivity index (χ1n) is 17.1. The zero-order chi connectivity index (χ0) is 42.4. The molecule has 0 aliphatic carbocycles. The van der Waals surface area contributed by atoms with Crippen molar-refractivity contribution in [3.8, 4) is 34.3 Å². The number of imidazole rings is 2. The molecule has 2 atom stereocenters. The van der Waals surface area contributed by atoms with E-state index in [9.17, 15) is 51.3 Å². The molecule has 0 saturated carbocycles. The van der Waals surface area contributed by atoms with E-state index in [2.05, 4.69) is 41.8 Å². The smallest absolute Gasteiger partial charge is 0.358 e. The largest absolute Gasteiger partial charge is 0.491 e. The van der Waals surface area contributed by atoms with Crippen molar-refractivity contribution >= 4 is 43.8 Å². The third-order valence-corrected chi connectivity index (χ3v) is 10.4. The Labute approximate surface area is 345 Å². The molecule has 0 amide bonds. The van der Waals surface area contributed by atoms with Crippen molar-refractivity contribution < 1.29 is 65.5 Å². The van der Waals surface area contributed by atoms with E-state index >= 15 is 0 Å². The molecule has 4 heterocycles. The first-order valence-corrected chi connectivity index (χ1v) is 18.7. The minimum atomic E-state index is -1.67. The monoisotopic (exact) mass is 950 g/mol. The SMILES string of the molecule is COC(=O)c1nc2n(c1C(O)c1cc(F)cc(F)c1)CCOc1cc(F)c(Br)cc1-2.O=C(O)c1nc2n(c1C(O)c1cc(F)cc(F)c1)CCOc1cc(F)c(Br)cc1-2. The van der Waals surface area contributed by atoms with Crippen molar-refractivity contribution in [2.75, 3.05) is 20.3 Å². The lowest BCUT2D eigenvalue weighted by Crippen LogP contribution is -2.16. The van der Waals surface area contributed by atoms with Gasteiger partial charge in [-0.05, 0) is 79.4 Å². The molecular weight excluding hydrogens is 926 g/mol. The van der Waals surface area contributed by atoms with E-state index in [-0.39, 0.29) is 86.6 Å². The molecule has 0 bridgehead atoms. The van der Waals surface area contributed by atoms with E-state index in [0.717, 1.165) is 37.4 Å². The summed E-state index contributed by atoms with van der Waals surface area (Å²) in [6.07, 6.45) is -3.26. The second-order valence-electron chi connectivity index (χ2n) is 12.9. The normalized spacial score (nSPS) is 13.7. The molecule has 0 saturated heterocycles. The molecule has 306 valence electrons. The Hall–Kier alpha value is -5.70. The molecular formula is C39H26Br2F6N4O8. The van der Waals surface area contributed by atoms with E-state index in [0.29, 0.717) is 23.3 Å². The van der Waals surface area contributed by atoms with Gasteiger partial charge in [0.15, 0.2) is 11.4 Å². The zero-order valence-corrected chi connectivity index (χ0v) is 33.1. The van der Waals surface area contributed by atoms with Crippen LogP contribution in [0, 0.1) is 34.9 Å². The number of carbonyl (C=O) groups excluding carboxylic acids is 1. The number of hydrogen-bond acceptors (Lipinski definition) is 9. The van der Waals surface area contributed by atoms with Crippen LogP contribution in [0.1, 0.15) is 55.7 Å². The summed E-state index contributed by atoms with van der Waals surface area (Å²) in [7, 11) is 1.15. The fourth-order valence-electron chi connectivity index (χ4n) is 6.67. The summed E-state index contributed by atoms with van der Waals surface area (Å²) >= 11 is 6.18. The molecule has 59 heavy (non-hydrogen) atoms. The van der Waals surface area contributed by atoms with Gasteiger partial charge in [-0.25, -0.2) is 45.9 Å². The number of esters is 1. The van der Waals surface area contributed by atoms with Crippen LogP contribution in [0.4, 0.5) is 26.3 Å². The highest BCUT2D eigenvalue weighted by Gasteiger charge is 2.34. The molecule has 20 heteroatoms. The number of hydrogen-bond donors (Lipinski definition) is 3. The second kappa shape index (κ2) is 16.5. The number of rotatable bonds is 6.